The Hall–Kier alpha value is -2.29. The van der Waals surface area contributed by atoms with Crippen LogP contribution in [0, 0.1) is 0 Å². The van der Waals surface area contributed by atoms with Crippen molar-refractivity contribution in [1.82, 2.24) is 4.98 Å². The van der Waals surface area contributed by atoms with Gasteiger partial charge in [-0.3, -0.25) is 4.98 Å². The van der Waals surface area contributed by atoms with Crippen molar-refractivity contribution in [2.75, 3.05) is 11.1 Å². The second-order valence-electron chi connectivity index (χ2n) is 3.39. The Morgan fingerprint density at radius 2 is 2.00 bits per heavy atom. The second kappa shape index (κ2) is 7.12. The molecule has 3 heteroatoms. The number of benzene rings is 1. The molecule has 2 aromatic rings. The molecule has 0 fully saturated rings. The first-order chi connectivity index (χ1) is 8.81. The van der Waals surface area contributed by atoms with Crippen LogP contribution in [0.25, 0.3) is 11.1 Å². The average molecular weight is 241 g/mol. The fraction of sp³-hybridized carbons (Fsp3) is 0.133. The van der Waals surface area contributed by atoms with Gasteiger partial charge in [-0.1, -0.05) is 32.6 Å². The second-order valence-corrected chi connectivity index (χ2v) is 3.39. The zero-order chi connectivity index (χ0) is 13.4. The molecule has 0 unspecified atom stereocenters. The summed E-state index contributed by atoms with van der Waals surface area (Å²) in [5.41, 5.74) is 9.58. The van der Waals surface area contributed by atoms with Gasteiger partial charge in [0.25, 0.3) is 0 Å². The Kier molecular flexibility index (Phi) is 5.45. The monoisotopic (exact) mass is 241 g/mol. The van der Waals surface area contributed by atoms with E-state index in [0.717, 1.165) is 16.8 Å². The van der Waals surface area contributed by atoms with Crippen molar-refractivity contribution in [3.05, 3.63) is 55.5 Å². The molecule has 18 heavy (non-hydrogen) atoms. The predicted molar refractivity (Wildman–Crippen MR) is 79.3 cm³/mol. The van der Waals surface area contributed by atoms with Crippen molar-refractivity contribution in [3.63, 3.8) is 0 Å². The number of nitrogens with two attached hydrogens (primary N) is 1. The van der Waals surface area contributed by atoms with Crippen molar-refractivity contribution in [2.45, 2.75) is 13.8 Å². The first-order valence-electron chi connectivity index (χ1n) is 5.98. The Morgan fingerprint density at radius 3 is 2.56 bits per heavy atom. The molecule has 0 atom stereocenters. The van der Waals surface area contributed by atoms with Gasteiger partial charge >= 0.3 is 0 Å². The van der Waals surface area contributed by atoms with Crippen LogP contribution in [0.1, 0.15) is 13.8 Å². The van der Waals surface area contributed by atoms with Crippen LogP contribution in [0.2, 0.25) is 0 Å². The van der Waals surface area contributed by atoms with Gasteiger partial charge in [-0.05, 0) is 30.0 Å². The van der Waals surface area contributed by atoms with Gasteiger partial charge in [0.2, 0.25) is 0 Å². The quantitative estimate of drug-likeness (QED) is 0.801. The van der Waals surface area contributed by atoms with Crippen LogP contribution >= 0.6 is 0 Å². The first kappa shape index (κ1) is 13.8. The van der Waals surface area contributed by atoms with E-state index in [4.69, 9.17) is 5.73 Å². The number of hydrogen-bond acceptors (Lipinski definition) is 3. The molecule has 0 saturated carbocycles. The summed E-state index contributed by atoms with van der Waals surface area (Å²) in [4.78, 5) is 4.08. The smallest absolute Gasteiger partial charge is 0.0613 e. The van der Waals surface area contributed by atoms with Crippen molar-refractivity contribution in [2.24, 2.45) is 0 Å². The van der Waals surface area contributed by atoms with Crippen LogP contribution in [0.5, 0.6) is 0 Å². The lowest BCUT2D eigenvalue weighted by Crippen LogP contribution is -1.94. The Labute approximate surface area is 108 Å². The van der Waals surface area contributed by atoms with Gasteiger partial charge in [-0.15, -0.1) is 0 Å². The minimum Gasteiger partial charge on any atom is -0.397 e. The first-order valence-corrected chi connectivity index (χ1v) is 5.98. The van der Waals surface area contributed by atoms with Gasteiger partial charge in [0.05, 0.1) is 11.4 Å². The van der Waals surface area contributed by atoms with Crippen LogP contribution in [0.15, 0.2) is 55.5 Å². The summed E-state index contributed by atoms with van der Waals surface area (Å²) in [6, 6.07) is 9.76. The number of pyridine rings is 1. The highest BCUT2D eigenvalue weighted by Gasteiger charge is 2.01. The Morgan fingerprint density at radius 1 is 1.22 bits per heavy atom. The maximum absolute atomic E-state index is 5.91. The predicted octanol–water partition coefficient (Wildman–Crippen LogP) is 3.91. The van der Waals surface area contributed by atoms with Gasteiger partial charge < -0.3 is 11.1 Å². The van der Waals surface area contributed by atoms with E-state index in [-0.39, 0.29) is 0 Å². The molecule has 3 nitrogen and oxygen atoms in total. The molecule has 0 amide bonds. The average Bonchev–Trinajstić information content (AvgIpc) is 2.44. The molecular formula is C15H19N3. The van der Waals surface area contributed by atoms with Gasteiger partial charge in [0, 0.05) is 18.0 Å². The summed E-state index contributed by atoms with van der Waals surface area (Å²) >= 11 is 0. The highest BCUT2D eigenvalue weighted by Crippen LogP contribution is 2.26. The molecule has 0 aliphatic heterocycles. The van der Waals surface area contributed by atoms with Gasteiger partial charge in [0.15, 0.2) is 0 Å². The van der Waals surface area contributed by atoms with E-state index in [1.165, 1.54) is 0 Å². The molecule has 0 radical (unpaired) electrons. The zero-order valence-electron chi connectivity index (χ0n) is 10.9. The lowest BCUT2D eigenvalue weighted by molar-refractivity contribution is 1.33. The summed E-state index contributed by atoms with van der Waals surface area (Å²) in [6.45, 7) is 7.60. The number of hydrogen-bond donors (Lipinski definition) is 2. The number of aromatic nitrogens is 1. The lowest BCUT2D eigenvalue weighted by atomic mass is 10.1. The highest BCUT2D eigenvalue weighted by atomic mass is 14.9. The molecule has 2 rings (SSSR count). The Bertz CT molecular complexity index is 492. The summed E-state index contributed by atoms with van der Waals surface area (Å²) in [5, 5.41) is 2.98. The van der Waals surface area contributed by atoms with Crippen LogP contribution in [-0.4, -0.2) is 4.98 Å². The third-order valence-electron chi connectivity index (χ3n) is 2.30. The molecule has 0 spiro atoms. The van der Waals surface area contributed by atoms with E-state index < -0.39 is 0 Å². The summed E-state index contributed by atoms with van der Waals surface area (Å²) in [6.07, 6.45) is 5.17. The van der Waals surface area contributed by atoms with Crippen LogP contribution < -0.4 is 11.1 Å². The summed E-state index contributed by atoms with van der Waals surface area (Å²) in [7, 11) is 0. The summed E-state index contributed by atoms with van der Waals surface area (Å²) < 4.78 is 0. The van der Waals surface area contributed by atoms with E-state index >= 15 is 0 Å². The van der Waals surface area contributed by atoms with Crippen molar-refractivity contribution < 1.29 is 0 Å². The number of rotatable bonds is 3. The largest absolute Gasteiger partial charge is 0.397 e. The number of anilines is 2. The number of nitrogen functional groups attached to an aromatic ring is 1. The van der Waals surface area contributed by atoms with E-state index in [1.807, 2.05) is 50.4 Å². The molecule has 1 heterocycles. The Balaban J connectivity index is 0.000000771. The lowest BCUT2D eigenvalue weighted by Gasteiger charge is -2.07. The third kappa shape index (κ3) is 3.35. The van der Waals surface area contributed by atoms with Crippen LogP contribution in [0.3, 0.4) is 0 Å². The van der Waals surface area contributed by atoms with Crippen molar-refractivity contribution in [1.29, 1.82) is 0 Å². The minimum absolute atomic E-state index is 0.696. The third-order valence-corrected chi connectivity index (χ3v) is 2.30. The van der Waals surface area contributed by atoms with E-state index in [1.54, 1.807) is 12.4 Å². The minimum atomic E-state index is 0.696. The highest BCUT2D eigenvalue weighted by molar-refractivity contribution is 5.76. The van der Waals surface area contributed by atoms with Crippen LogP contribution in [0.4, 0.5) is 11.4 Å². The molecule has 94 valence electrons. The molecule has 3 N–H and O–H groups in total. The van der Waals surface area contributed by atoms with Gasteiger partial charge in [-0.2, -0.15) is 0 Å². The van der Waals surface area contributed by atoms with E-state index in [2.05, 4.69) is 16.9 Å². The fourth-order valence-corrected chi connectivity index (χ4v) is 1.52. The van der Waals surface area contributed by atoms with Crippen LogP contribution in [-0.2, 0) is 0 Å². The molecular weight excluding hydrogens is 222 g/mol. The molecule has 0 aliphatic carbocycles. The molecule has 0 saturated heterocycles. The van der Waals surface area contributed by atoms with E-state index in [0.29, 0.717) is 5.69 Å². The van der Waals surface area contributed by atoms with Crippen molar-refractivity contribution in [3.8, 4) is 11.1 Å². The summed E-state index contributed by atoms with van der Waals surface area (Å²) in [5.74, 6) is 0. The van der Waals surface area contributed by atoms with Gasteiger partial charge in [0.1, 0.15) is 0 Å². The maximum atomic E-state index is 5.91. The maximum Gasteiger partial charge on any atom is 0.0613 e. The fourth-order valence-electron chi connectivity index (χ4n) is 1.52. The van der Waals surface area contributed by atoms with Crippen molar-refractivity contribution >= 4 is 11.4 Å². The molecule has 1 aromatic heterocycles. The standard InChI is InChI=1S/C13H13N3.C2H6/c1-2-16-13-6-5-10(8-12(13)14)11-4-3-7-15-9-11;1-2/h2-9,16H,1,14H2;1-2H3. The topological polar surface area (TPSA) is 50.9 Å². The van der Waals surface area contributed by atoms with E-state index in [9.17, 15) is 0 Å². The normalized spacial score (nSPS) is 9.00. The number of nitrogens with zero attached hydrogens (tertiary/aromatic N) is 1. The number of nitrogens with one attached hydrogen (secondary N) is 1. The molecule has 1 aromatic carbocycles. The molecule has 0 bridgehead atoms. The zero-order valence-corrected chi connectivity index (χ0v) is 10.9. The van der Waals surface area contributed by atoms with Gasteiger partial charge in [-0.25, -0.2) is 0 Å². The molecule has 0 aliphatic rings. The SMILES string of the molecule is C=CNc1ccc(-c2cccnc2)cc1N.CC.